The number of anilines is 4. The van der Waals surface area contributed by atoms with E-state index in [0.29, 0.717) is 12.2 Å². The van der Waals surface area contributed by atoms with E-state index in [9.17, 15) is 0 Å². The highest BCUT2D eigenvalue weighted by atomic mass is 14.9. The second-order valence-corrected chi connectivity index (χ2v) is 4.40. The van der Waals surface area contributed by atoms with Crippen molar-refractivity contribution in [3.8, 4) is 0 Å². The highest BCUT2D eigenvalue weighted by Crippen LogP contribution is 2.22. The molecule has 0 fully saturated rings. The first-order valence-electron chi connectivity index (χ1n) is 5.80. The van der Waals surface area contributed by atoms with Gasteiger partial charge in [0.05, 0.1) is 11.4 Å². The molecule has 4 heteroatoms. The number of nitrogens with two attached hydrogens (primary N) is 3. The lowest BCUT2D eigenvalue weighted by atomic mass is 10.1. The summed E-state index contributed by atoms with van der Waals surface area (Å²) in [6, 6.07) is 11.4. The predicted molar refractivity (Wildman–Crippen MR) is 78.2 cm³/mol. The van der Waals surface area contributed by atoms with Crippen LogP contribution in [0.4, 0.5) is 22.7 Å². The summed E-state index contributed by atoms with van der Waals surface area (Å²) in [5, 5.41) is 3.28. The van der Waals surface area contributed by atoms with Crippen LogP contribution in [0.3, 0.4) is 0 Å². The van der Waals surface area contributed by atoms with E-state index in [1.165, 1.54) is 0 Å². The molecule has 7 N–H and O–H groups in total. The Morgan fingerprint density at radius 3 is 2.44 bits per heavy atom. The summed E-state index contributed by atoms with van der Waals surface area (Å²) >= 11 is 0. The van der Waals surface area contributed by atoms with E-state index in [2.05, 4.69) is 5.32 Å². The lowest BCUT2D eigenvalue weighted by Gasteiger charge is -2.12. The molecule has 94 valence electrons. The summed E-state index contributed by atoms with van der Waals surface area (Å²) in [4.78, 5) is 0. The van der Waals surface area contributed by atoms with Crippen molar-refractivity contribution in [2.45, 2.75) is 13.5 Å². The predicted octanol–water partition coefficient (Wildman–Crippen LogP) is 2.35. The molecule has 0 unspecified atom stereocenters. The highest BCUT2D eigenvalue weighted by Gasteiger charge is 2.02. The molecule has 4 nitrogen and oxygen atoms in total. The first kappa shape index (κ1) is 12.1. The fourth-order valence-corrected chi connectivity index (χ4v) is 1.79. The standard InChI is InChI=1S/C14H18N4/c1-9-2-4-13(17)14(6-9)18-8-10-7-11(15)3-5-12(10)16/h2-7,18H,8,15-17H2,1H3. The van der Waals surface area contributed by atoms with Crippen LogP contribution in [0.1, 0.15) is 11.1 Å². The van der Waals surface area contributed by atoms with Crippen molar-refractivity contribution >= 4 is 22.7 Å². The van der Waals surface area contributed by atoms with Gasteiger partial charge in [-0.2, -0.15) is 0 Å². The van der Waals surface area contributed by atoms with E-state index in [4.69, 9.17) is 17.2 Å². The van der Waals surface area contributed by atoms with E-state index in [-0.39, 0.29) is 0 Å². The molecule has 0 spiro atoms. The van der Waals surface area contributed by atoms with Gasteiger partial charge in [0.15, 0.2) is 0 Å². The van der Waals surface area contributed by atoms with Crippen molar-refractivity contribution in [3.63, 3.8) is 0 Å². The number of nitrogens with one attached hydrogen (secondary N) is 1. The Labute approximate surface area is 107 Å². The number of nitrogen functional groups attached to an aromatic ring is 3. The first-order valence-corrected chi connectivity index (χ1v) is 5.80. The smallest absolute Gasteiger partial charge is 0.0579 e. The van der Waals surface area contributed by atoms with Crippen molar-refractivity contribution in [2.75, 3.05) is 22.5 Å². The van der Waals surface area contributed by atoms with Gasteiger partial charge in [-0.3, -0.25) is 0 Å². The van der Waals surface area contributed by atoms with Crippen LogP contribution in [0, 0.1) is 6.92 Å². The maximum Gasteiger partial charge on any atom is 0.0579 e. The Morgan fingerprint density at radius 1 is 0.944 bits per heavy atom. The Hall–Kier alpha value is -2.36. The fourth-order valence-electron chi connectivity index (χ4n) is 1.79. The molecular weight excluding hydrogens is 224 g/mol. The summed E-state index contributed by atoms with van der Waals surface area (Å²) in [7, 11) is 0. The number of hydrogen-bond acceptors (Lipinski definition) is 4. The molecular formula is C14H18N4. The molecule has 2 rings (SSSR count). The normalized spacial score (nSPS) is 10.3. The van der Waals surface area contributed by atoms with Crippen molar-refractivity contribution in [1.82, 2.24) is 0 Å². The third-order valence-corrected chi connectivity index (χ3v) is 2.85. The Kier molecular flexibility index (Phi) is 3.28. The highest BCUT2D eigenvalue weighted by molar-refractivity contribution is 5.67. The van der Waals surface area contributed by atoms with Crippen LogP contribution in [-0.2, 0) is 6.54 Å². The van der Waals surface area contributed by atoms with Gasteiger partial charge in [-0.15, -0.1) is 0 Å². The van der Waals surface area contributed by atoms with E-state index < -0.39 is 0 Å². The average Bonchev–Trinajstić information content (AvgIpc) is 2.34. The minimum absolute atomic E-state index is 0.602. The Morgan fingerprint density at radius 2 is 1.67 bits per heavy atom. The summed E-state index contributed by atoms with van der Waals surface area (Å²) in [6.45, 7) is 2.63. The molecule has 0 aliphatic rings. The summed E-state index contributed by atoms with van der Waals surface area (Å²) in [5.41, 5.74) is 22.7. The number of rotatable bonds is 3. The van der Waals surface area contributed by atoms with Crippen LogP contribution in [0.5, 0.6) is 0 Å². The molecule has 0 atom stereocenters. The van der Waals surface area contributed by atoms with Gasteiger partial charge in [-0.1, -0.05) is 6.07 Å². The average molecular weight is 242 g/mol. The molecule has 0 aliphatic heterocycles. The van der Waals surface area contributed by atoms with Crippen LogP contribution in [0.2, 0.25) is 0 Å². The molecule has 2 aromatic rings. The van der Waals surface area contributed by atoms with Crippen molar-refractivity contribution < 1.29 is 0 Å². The van der Waals surface area contributed by atoms with Gasteiger partial charge >= 0.3 is 0 Å². The van der Waals surface area contributed by atoms with Crippen LogP contribution < -0.4 is 22.5 Å². The zero-order valence-electron chi connectivity index (χ0n) is 10.4. The SMILES string of the molecule is Cc1ccc(N)c(NCc2cc(N)ccc2N)c1. The summed E-state index contributed by atoms with van der Waals surface area (Å²) < 4.78 is 0. The van der Waals surface area contributed by atoms with Gasteiger partial charge in [-0.25, -0.2) is 0 Å². The molecule has 2 aromatic carbocycles. The molecule has 0 heterocycles. The topological polar surface area (TPSA) is 90.1 Å². The molecule has 0 saturated heterocycles. The maximum absolute atomic E-state index is 5.90. The Bertz CT molecular complexity index is 512. The minimum Gasteiger partial charge on any atom is -0.399 e. The zero-order valence-corrected chi connectivity index (χ0v) is 10.4. The van der Waals surface area contributed by atoms with Crippen molar-refractivity contribution in [2.24, 2.45) is 0 Å². The number of aryl methyl sites for hydroxylation is 1. The third kappa shape index (κ3) is 2.66. The van der Waals surface area contributed by atoms with Gasteiger partial charge in [-0.05, 0) is 48.4 Å². The van der Waals surface area contributed by atoms with Gasteiger partial charge in [0, 0.05) is 17.9 Å². The van der Waals surface area contributed by atoms with Crippen LogP contribution in [-0.4, -0.2) is 0 Å². The van der Waals surface area contributed by atoms with Crippen LogP contribution in [0.15, 0.2) is 36.4 Å². The van der Waals surface area contributed by atoms with Crippen molar-refractivity contribution in [3.05, 3.63) is 47.5 Å². The number of benzene rings is 2. The molecule has 0 amide bonds. The Balaban J connectivity index is 2.16. The van der Waals surface area contributed by atoms with Crippen molar-refractivity contribution in [1.29, 1.82) is 0 Å². The number of hydrogen-bond donors (Lipinski definition) is 4. The third-order valence-electron chi connectivity index (χ3n) is 2.85. The molecule has 0 bridgehead atoms. The first-order chi connectivity index (χ1) is 8.56. The molecule has 18 heavy (non-hydrogen) atoms. The minimum atomic E-state index is 0.602. The summed E-state index contributed by atoms with van der Waals surface area (Å²) in [6.07, 6.45) is 0. The van der Waals surface area contributed by atoms with Gasteiger partial charge < -0.3 is 22.5 Å². The zero-order chi connectivity index (χ0) is 13.1. The maximum atomic E-state index is 5.90. The second kappa shape index (κ2) is 4.87. The van der Waals surface area contributed by atoms with Gasteiger partial charge in [0.25, 0.3) is 0 Å². The quantitative estimate of drug-likeness (QED) is 0.622. The molecule has 0 aromatic heterocycles. The summed E-state index contributed by atoms with van der Waals surface area (Å²) in [5.74, 6) is 0. The lowest BCUT2D eigenvalue weighted by molar-refractivity contribution is 1.15. The largest absolute Gasteiger partial charge is 0.399 e. The molecule has 0 aliphatic carbocycles. The van der Waals surface area contributed by atoms with E-state index in [1.54, 1.807) is 6.07 Å². The van der Waals surface area contributed by atoms with E-state index in [1.807, 2.05) is 37.3 Å². The second-order valence-electron chi connectivity index (χ2n) is 4.40. The monoisotopic (exact) mass is 242 g/mol. The molecule has 0 radical (unpaired) electrons. The van der Waals surface area contributed by atoms with Crippen LogP contribution >= 0.6 is 0 Å². The van der Waals surface area contributed by atoms with Gasteiger partial charge in [0.1, 0.15) is 0 Å². The lowest BCUT2D eigenvalue weighted by Crippen LogP contribution is -2.05. The van der Waals surface area contributed by atoms with Gasteiger partial charge in [0.2, 0.25) is 0 Å². The molecule has 0 saturated carbocycles. The van der Waals surface area contributed by atoms with Crippen LogP contribution in [0.25, 0.3) is 0 Å². The van der Waals surface area contributed by atoms with E-state index in [0.717, 1.165) is 28.2 Å². The fraction of sp³-hybridized carbons (Fsp3) is 0.143. The van der Waals surface area contributed by atoms with E-state index >= 15 is 0 Å².